The minimum absolute atomic E-state index is 0.0172. The molecule has 0 atom stereocenters. The molecular formula is C24H21NO6S. The highest BCUT2D eigenvalue weighted by molar-refractivity contribution is 7.13. The van der Waals surface area contributed by atoms with Gasteiger partial charge in [0.15, 0.2) is 11.5 Å². The fraction of sp³-hybridized carbons (Fsp3) is 0.208. The van der Waals surface area contributed by atoms with Crippen molar-refractivity contribution in [3.63, 3.8) is 0 Å². The van der Waals surface area contributed by atoms with Crippen molar-refractivity contribution in [1.29, 1.82) is 0 Å². The Kier molecular flexibility index (Phi) is 6.23. The number of methoxy groups -OCH3 is 2. The van der Waals surface area contributed by atoms with E-state index < -0.39 is 11.6 Å². The summed E-state index contributed by atoms with van der Waals surface area (Å²) in [5.41, 5.74) is 3.05. The zero-order valence-electron chi connectivity index (χ0n) is 17.8. The first-order chi connectivity index (χ1) is 15.5. The minimum atomic E-state index is -0.479. The van der Waals surface area contributed by atoms with Crippen LogP contribution in [-0.2, 0) is 22.6 Å². The number of thiazole rings is 1. The van der Waals surface area contributed by atoms with Gasteiger partial charge in [-0.3, -0.25) is 4.79 Å². The van der Waals surface area contributed by atoms with Crippen molar-refractivity contribution in [1.82, 2.24) is 4.98 Å². The van der Waals surface area contributed by atoms with Crippen LogP contribution in [0.1, 0.15) is 16.8 Å². The van der Waals surface area contributed by atoms with Crippen molar-refractivity contribution >= 4 is 28.3 Å². The van der Waals surface area contributed by atoms with Gasteiger partial charge in [0, 0.05) is 28.0 Å². The van der Waals surface area contributed by atoms with E-state index in [0.29, 0.717) is 28.3 Å². The summed E-state index contributed by atoms with van der Waals surface area (Å²) in [6.45, 7) is 1.90. The van der Waals surface area contributed by atoms with Crippen LogP contribution in [0.15, 0.2) is 57.1 Å². The quantitative estimate of drug-likeness (QED) is 0.301. The van der Waals surface area contributed by atoms with Crippen LogP contribution in [0.2, 0.25) is 0 Å². The van der Waals surface area contributed by atoms with Gasteiger partial charge in [-0.1, -0.05) is 12.1 Å². The number of ether oxygens (including phenoxy) is 3. The molecule has 0 bridgehead atoms. The average molecular weight is 452 g/mol. The second kappa shape index (κ2) is 9.23. The number of fused-ring (bicyclic) bond motifs is 1. The summed E-state index contributed by atoms with van der Waals surface area (Å²) in [5, 5.41) is 3.32. The topological polar surface area (TPSA) is 87.9 Å². The first kappa shape index (κ1) is 21.6. The lowest BCUT2D eigenvalue weighted by Crippen LogP contribution is -2.10. The molecular weight excluding hydrogens is 430 g/mol. The monoisotopic (exact) mass is 451 g/mol. The zero-order valence-corrected chi connectivity index (χ0v) is 18.7. The lowest BCUT2D eigenvalue weighted by atomic mass is 10.1. The van der Waals surface area contributed by atoms with Gasteiger partial charge in [0.25, 0.3) is 0 Å². The number of aromatic nitrogens is 1. The number of rotatable bonds is 7. The van der Waals surface area contributed by atoms with E-state index in [1.54, 1.807) is 20.3 Å². The molecule has 0 saturated carbocycles. The summed E-state index contributed by atoms with van der Waals surface area (Å²) in [5.74, 6) is 0.813. The number of nitrogens with zero attached hydrogens (tertiary/aromatic N) is 1. The standard InChI is InChI=1S/C24H21NO6S/c1-14-4-6-18-16(10-23(27)31-20(18)8-14)12-30-22(26)11-17-13-32-24(25-17)15-5-7-19(28-2)21(9-15)29-3/h4-10,13H,11-12H2,1-3H3. The van der Waals surface area contributed by atoms with Crippen LogP contribution in [0.25, 0.3) is 21.5 Å². The maximum atomic E-state index is 12.4. The molecule has 0 unspecified atom stereocenters. The van der Waals surface area contributed by atoms with E-state index in [-0.39, 0.29) is 13.0 Å². The van der Waals surface area contributed by atoms with Gasteiger partial charge >= 0.3 is 11.6 Å². The van der Waals surface area contributed by atoms with Crippen LogP contribution in [0.4, 0.5) is 0 Å². The Hall–Kier alpha value is -3.65. The number of carbonyl (C=O) groups is 1. The SMILES string of the molecule is COc1ccc(-c2nc(CC(=O)OCc3cc(=O)oc4cc(C)ccc34)cs2)cc1OC. The Labute approximate surface area is 188 Å². The van der Waals surface area contributed by atoms with Gasteiger partial charge in [0.1, 0.15) is 17.2 Å². The molecule has 0 N–H and O–H groups in total. The summed E-state index contributed by atoms with van der Waals surface area (Å²) >= 11 is 1.43. The molecule has 4 rings (SSSR count). The normalized spacial score (nSPS) is 10.8. The van der Waals surface area contributed by atoms with Crippen molar-refractivity contribution in [2.75, 3.05) is 14.2 Å². The molecule has 0 fully saturated rings. The van der Waals surface area contributed by atoms with Crippen molar-refractivity contribution in [3.05, 3.63) is 75.1 Å². The first-order valence-corrected chi connectivity index (χ1v) is 10.7. The molecule has 4 aromatic rings. The Morgan fingerprint density at radius 3 is 2.66 bits per heavy atom. The molecule has 0 saturated heterocycles. The Morgan fingerprint density at radius 2 is 1.88 bits per heavy atom. The van der Waals surface area contributed by atoms with Gasteiger partial charge in [0.2, 0.25) is 0 Å². The molecule has 0 radical (unpaired) electrons. The highest BCUT2D eigenvalue weighted by Gasteiger charge is 2.14. The maximum Gasteiger partial charge on any atom is 0.336 e. The van der Waals surface area contributed by atoms with E-state index in [2.05, 4.69) is 4.98 Å². The molecule has 7 nitrogen and oxygen atoms in total. The molecule has 32 heavy (non-hydrogen) atoms. The fourth-order valence-corrected chi connectivity index (χ4v) is 4.12. The van der Waals surface area contributed by atoms with E-state index in [9.17, 15) is 9.59 Å². The molecule has 8 heteroatoms. The number of aryl methyl sites for hydroxylation is 1. The van der Waals surface area contributed by atoms with Crippen LogP contribution in [0, 0.1) is 6.92 Å². The summed E-state index contributed by atoms with van der Waals surface area (Å²) in [7, 11) is 3.16. The summed E-state index contributed by atoms with van der Waals surface area (Å²) in [6.07, 6.45) is 0.0300. The largest absolute Gasteiger partial charge is 0.493 e. The zero-order chi connectivity index (χ0) is 22.7. The lowest BCUT2D eigenvalue weighted by molar-refractivity contribution is -0.144. The van der Waals surface area contributed by atoms with Crippen LogP contribution >= 0.6 is 11.3 Å². The molecule has 0 aliphatic carbocycles. The van der Waals surface area contributed by atoms with Gasteiger partial charge in [-0.2, -0.15) is 0 Å². The van der Waals surface area contributed by atoms with E-state index in [1.807, 2.05) is 42.6 Å². The Bertz CT molecular complexity index is 1340. The first-order valence-electron chi connectivity index (χ1n) is 9.82. The fourth-order valence-electron chi connectivity index (χ4n) is 3.30. The van der Waals surface area contributed by atoms with Gasteiger partial charge in [0.05, 0.1) is 26.3 Å². The van der Waals surface area contributed by atoms with Crippen LogP contribution < -0.4 is 15.1 Å². The number of hydrogen-bond acceptors (Lipinski definition) is 8. The predicted octanol–water partition coefficient (Wildman–Crippen LogP) is 4.53. The third kappa shape index (κ3) is 4.65. The summed E-state index contributed by atoms with van der Waals surface area (Å²) in [6, 6.07) is 12.4. The molecule has 0 amide bonds. The van der Waals surface area contributed by atoms with Crippen LogP contribution in [0.5, 0.6) is 11.5 Å². The van der Waals surface area contributed by atoms with E-state index >= 15 is 0 Å². The predicted molar refractivity (Wildman–Crippen MR) is 121 cm³/mol. The van der Waals surface area contributed by atoms with Gasteiger partial charge in [-0.15, -0.1) is 11.3 Å². The number of carbonyl (C=O) groups excluding carboxylic acids is 1. The van der Waals surface area contributed by atoms with Gasteiger partial charge in [-0.25, -0.2) is 9.78 Å². The third-order valence-electron chi connectivity index (χ3n) is 4.88. The molecule has 2 aromatic heterocycles. The molecule has 2 aromatic carbocycles. The van der Waals surface area contributed by atoms with Crippen molar-refractivity contribution in [2.45, 2.75) is 20.0 Å². The maximum absolute atomic E-state index is 12.4. The number of hydrogen-bond donors (Lipinski definition) is 0. The van der Waals surface area contributed by atoms with Crippen molar-refractivity contribution in [2.24, 2.45) is 0 Å². The van der Waals surface area contributed by atoms with E-state index in [4.69, 9.17) is 18.6 Å². The van der Waals surface area contributed by atoms with E-state index in [0.717, 1.165) is 21.5 Å². The van der Waals surface area contributed by atoms with Gasteiger partial charge in [-0.05, 0) is 36.8 Å². The smallest absolute Gasteiger partial charge is 0.336 e. The van der Waals surface area contributed by atoms with Crippen LogP contribution in [0.3, 0.4) is 0 Å². The third-order valence-corrected chi connectivity index (χ3v) is 5.82. The second-order valence-electron chi connectivity index (χ2n) is 7.14. The number of benzene rings is 2. The highest BCUT2D eigenvalue weighted by Crippen LogP contribution is 2.33. The number of esters is 1. The van der Waals surface area contributed by atoms with Crippen molar-refractivity contribution < 1.29 is 23.4 Å². The summed E-state index contributed by atoms with van der Waals surface area (Å²) < 4.78 is 21.3. The molecule has 164 valence electrons. The molecule has 0 aliphatic heterocycles. The Balaban J connectivity index is 1.44. The average Bonchev–Trinajstić information content (AvgIpc) is 3.24. The lowest BCUT2D eigenvalue weighted by Gasteiger charge is -2.08. The van der Waals surface area contributed by atoms with Crippen molar-refractivity contribution in [3.8, 4) is 22.1 Å². The van der Waals surface area contributed by atoms with E-state index in [1.165, 1.54) is 17.4 Å². The minimum Gasteiger partial charge on any atom is -0.493 e. The van der Waals surface area contributed by atoms with Crippen LogP contribution in [-0.4, -0.2) is 25.2 Å². The summed E-state index contributed by atoms with van der Waals surface area (Å²) in [4.78, 5) is 28.8. The molecule has 0 spiro atoms. The highest BCUT2D eigenvalue weighted by atomic mass is 32.1. The Morgan fingerprint density at radius 1 is 1.06 bits per heavy atom. The molecule has 0 aliphatic rings. The van der Waals surface area contributed by atoms with Gasteiger partial charge < -0.3 is 18.6 Å². The molecule has 2 heterocycles. The second-order valence-corrected chi connectivity index (χ2v) is 8.00.